The lowest BCUT2D eigenvalue weighted by atomic mass is 10.2. The minimum absolute atomic E-state index is 0.0261. The number of hydrogen-bond acceptors (Lipinski definition) is 3. The van der Waals surface area contributed by atoms with E-state index in [1.54, 1.807) is 12.1 Å². The molecule has 3 heterocycles. The first kappa shape index (κ1) is 16.3. The fourth-order valence-corrected chi connectivity index (χ4v) is 2.52. The Labute approximate surface area is 139 Å². The summed E-state index contributed by atoms with van der Waals surface area (Å²) in [6.45, 7) is 1.52. The van der Waals surface area contributed by atoms with E-state index in [0.29, 0.717) is 5.69 Å². The molecule has 5 nitrogen and oxygen atoms in total. The van der Waals surface area contributed by atoms with E-state index in [0.717, 1.165) is 16.7 Å². The summed E-state index contributed by atoms with van der Waals surface area (Å²) in [5.74, 6) is -0.608. The first-order valence-electron chi connectivity index (χ1n) is 6.74. The molecule has 0 spiro atoms. The van der Waals surface area contributed by atoms with E-state index in [-0.39, 0.29) is 22.1 Å². The fourth-order valence-electron chi connectivity index (χ4n) is 2.27. The SMILES string of the molecule is Cc1nc2c(Cl)cc(C(F)(F)F)cn2c1C(=O)Nc1cccnc1. The van der Waals surface area contributed by atoms with E-state index in [1.807, 2.05) is 0 Å². The summed E-state index contributed by atoms with van der Waals surface area (Å²) >= 11 is 5.89. The highest BCUT2D eigenvalue weighted by molar-refractivity contribution is 6.33. The molecular formula is C15H10ClF3N4O. The highest BCUT2D eigenvalue weighted by atomic mass is 35.5. The number of carbonyl (C=O) groups is 1. The largest absolute Gasteiger partial charge is 0.417 e. The van der Waals surface area contributed by atoms with Crippen LogP contribution in [0.25, 0.3) is 5.65 Å². The summed E-state index contributed by atoms with van der Waals surface area (Å²) in [6.07, 6.45) is -0.832. The summed E-state index contributed by atoms with van der Waals surface area (Å²) in [6, 6.07) is 4.01. The number of halogens is 4. The molecular weight excluding hydrogens is 345 g/mol. The molecule has 24 heavy (non-hydrogen) atoms. The normalized spacial score (nSPS) is 11.7. The molecule has 3 aromatic heterocycles. The van der Waals surface area contributed by atoms with Gasteiger partial charge in [-0.25, -0.2) is 4.98 Å². The summed E-state index contributed by atoms with van der Waals surface area (Å²) in [4.78, 5) is 20.4. The van der Waals surface area contributed by atoms with Crippen molar-refractivity contribution in [3.63, 3.8) is 0 Å². The zero-order valence-electron chi connectivity index (χ0n) is 12.2. The number of anilines is 1. The Morgan fingerprint density at radius 2 is 2.12 bits per heavy atom. The van der Waals surface area contributed by atoms with Gasteiger partial charge in [-0.1, -0.05) is 11.6 Å². The minimum atomic E-state index is -4.59. The van der Waals surface area contributed by atoms with Gasteiger partial charge >= 0.3 is 6.18 Å². The van der Waals surface area contributed by atoms with Crippen LogP contribution in [0.15, 0.2) is 36.8 Å². The van der Waals surface area contributed by atoms with Crippen LogP contribution in [0.1, 0.15) is 21.7 Å². The molecule has 0 aliphatic carbocycles. The lowest BCUT2D eigenvalue weighted by Crippen LogP contribution is -2.16. The fraction of sp³-hybridized carbons (Fsp3) is 0.133. The van der Waals surface area contributed by atoms with Crippen LogP contribution in [-0.2, 0) is 6.18 Å². The standard InChI is InChI=1S/C15H10ClF3N4O/c1-8-12(14(24)22-10-3-2-4-20-6-10)23-7-9(15(17,18)19)5-11(16)13(23)21-8/h2-7H,1H3,(H,22,24). The molecule has 0 radical (unpaired) electrons. The number of amides is 1. The Morgan fingerprint density at radius 1 is 1.38 bits per heavy atom. The van der Waals surface area contributed by atoms with Crippen molar-refractivity contribution >= 4 is 28.8 Å². The van der Waals surface area contributed by atoms with Crippen molar-refractivity contribution in [2.75, 3.05) is 5.32 Å². The first-order valence-corrected chi connectivity index (χ1v) is 7.12. The molecule has 1 amide bonds. The van der Waals surface area contributed by atoms with E-state index >= 15 is 0 Å². The Hall–Kier alpha value is -2.61. The Kier molecular flexibility index (Phi) is 3.92. The molecule has 0 aliphatic heterocycles. The van der Waals surface area contributed by atoms with Gasteiger partial charge in [0.2, 0.25) is 0 Å². The lowest BCUT2D eigenvalue weighted by molar-refractivity contribution is -0.137. The Morgan fingerprint density at radius 3 is 2.75 bits per heavy atom. The van der Waals surface area contributed by atoms with Crippen LogP contribution in [0, 0.1) is 6.92 Å². The van der Waals surface area contributed by atoms with Gasteiger partial charge in [0, 0.05) is 12.4 Å². The van der Waals surface area contributed by atoms with Crippen LogP contribution in [0.4, 0.5) is 18.9 Å². The van der Waals surface area contributed by atoms with Gasteiger partial charge in [0.05, 0.1) is 28.2 Å². The quantitative estimate of drug-likeness (QED) is 0.757. The number of aromatic nitrogens is 3. The number of nitrogens with one attached hydrogen (secondary N) is 1. The second kappa shape index (κ2) is 5.79. The molecule has 0 atom stereocenters. The molecule has 3 aromatic rings. The number of nitrogens with zero attached hydrogens (tertiary/aromatic N) is 3. The molecule has 3 rings (SSSR count). The number of carbonyl (C=O) groups excluding carboxylic acids is 1. The van der Waals surface area contributed by atoms with Crippen molar-refractivity contribution in [2.45, 2.75) is 13.1 Å². The van der Waals surface area contributed by atoms with Crippen molar-refractivity contribution in [3.8, 4) is 0 Å². The van der Waals surface area contributed by atoms with Crippen molar-refractivity contribution in [1.82, 2.24) is 14.4 Å². The second-order valence-electron chi connectivity index (χ2n) is 5.01. The smallest absolute Gasteiger partial charge is 0.319 e. The monoisotopic (exact) mass is 354 g/mol. The van der Waals surface area contributed by atoms with Gasteiger partial charge in [0.1, 0.15) is 5.69 Å². The molecule has 0 unspecified atom stereocenters. The van der Waals surface area contributed by atoms with Gasteiger partial charge in [0.15, 0.2) is 5.65 Å². The van der Waals surface area contributed by atoms with Gasteiger partial charge < -0.3 is 5.32 Å². The van der Waals surface area contributed by atoms with E-state index < -0.39 is 17.6 Å². The highest BCUT2D eigenvalue weighted by Crippen LogP contribution is 2.33. The van der Waals surface area contributed by atoms with Gasteiger partial charge in [-0.15, -0.1) is 0 Å². The average Bonchev–Trinajstić information content (AvgIpc) is 2.84. The highest BCUT2D eigenvalue weighted by Gasteiger charge is 2.32. The molecule has 0 saturated carbocycles. The number of aryl methyl sites for hydroxylation is 1. The van der Waals surface area contributed by atoms with Crippen LogP contribution in [0.2, 0.25) is 5.02 Å². The van der Waals surface area contributed by atoms with Crippen LogP contribution < -0.4 is 5.32 Å². The van der Waals surface area contributed by atoms with Crippen LogP contribution in [0.5, 0.6) is 0 Å². The third-order valence-corrected chi connectivity index (χ3v) is 3.59. The van der Waals surface area contributed by atoms with Crippen LogP contribution in [0.3, 0.4) is 0 Å². The zero-order chi connectivity index (χ0) is 17.5. The zero-order valence-corrected chi connectivity index (χ0v) is 13.0. The maximum atomic E-state index is 13.0. The average molecular weight is 355 g/mol. The van der Waals surface area contributed by atoms with Gasteiger partial charge in [-0.3, -0.25) is 14.2 Å². The third kappa shape index (κ3) is 2.92. The first-order chi connectivity index (χ1) is 11.3. The number of fused-ring (bicyclic) bond motifs is 1. The summed E-state index contributed by atoms with van der Waals surface area (Å²) in [7, 11) is 0. The molecule has 0 saturated heterocycles. The number of alkyl halides is 3. The molecule has 0 fully saturated rings. The van der Waals surface area contributed by atoms with E-state index in [4.69, 9.17) is 11.6 Å². The minimum Gasteiger partial charge on any atom is -0.319 e. The molecule has 0 bridgehead atoms. The maximum absolute atomic E-state index is 13.0. The van der Waals surface area contributed by atoms with E-state index in [9.17, 15) is 18.0 Å². The van der Waals surface area contributed by atoms with E-state index in [2.05, 4.69) is 15.3 Å². The van der Waals surface area contributed by atoms with Crippen molar-refractivity contribution in [3.05, 3.63) is 58.8 Å². The second-order valence-corrected chi connectivity index (χ2v) is 5.42. The Balaban J connectivity index is 2.12. The molecule has 0 aliphatic rings. The number of rotatable bonds is 2. The van der Waals surface area contributed by atoms with Crippen molar-refractivity contribution in [1.29, 1.82) is 0 Å². The van der Waals surface area contributed by atoms with Gasteiger partial charge in [0.25, 0.3) is 5.91 Å². The number of imidazole rings is 1. The third-order valence-electron chi connectivity index (χ3n) is 3.31. The number of pyridine rings is 2. The topological polar surface area (TPSA) is 59.3 Å². The molecule has 9 heteroatoms. The maximum Gasteiger partial charge on any atom is 0.417 e. The van der Waals surface area contributed by atoms with Crippen LogP contribution in [-0.4, -0.2) is 20.3 Å². The van der Waals surface area contributed by atoms with Gasteiger partial charge in [-0.05, 0) is 25.1 Å². The summed E-state index contributed by atoms with van der Waals surface area (Å²) < 4.78 is 40.0. The molecule has 0 aromatic carbocycles. The summed E-state index contributed by atoms with van der Waals surface area (Å²) in [5, 5.41) is 2.38. The van der Waals surface area contributed by atoms with Crippen molar-refractivity contribution in [2.24, 2.45) is 0 Å². The lowest BCUT2D eigenvalue weighted by Gasteiger charge is -2.10. The molecule has 124 valence electrons. The van der Waals surface area contributed by atoms with Crippen LogP contribution >= 0.6 is 11.6 Å². The Bertz CT molecular complexity index is 922. The number of hydrogen-bond donors (Lipinski definition) is 1. The van der Waals surface area contributed by atoms with E-state index in [1.165, 1.54) is 19.3 Å². The van der Waals surface area contributed by atoms with Gasteiger partial charge in [-0.2, -0.15) is 13.2 Å². The molecule has 1 N–H and O–H groups in total. The predicted octanol–water partition coefficient (Wildman–Crippen LogP) is 3.96. The summed E-state index contributed by atoms with van der Waals surface area (Å²) in [5.41, 5.74) is -0.235. The predicted molar refractivity (Wildman–Crippen MR) is 82.1 cm³/mol. The van der Waals surface area contributed by atoms with Crippen molar-refractivity contribution < 1.29 is 18.0 Å².